The molecule has 0 aliphatic carbocycles. The molecule has 3 rings (SSSR count). The zero-order chi connectivity index (χ0) is 10.8. The van der Waals surface area contributed by atoms with Crippen molar-refractivity contribution in [2.45, 2.75) is 6.61 Å². The van der Waals surface area contributed by atoms with Gasteiger partial charge < -0.3 is 4.74 Å². The van der Waals surface area contributed by atoms with Crippen molar-refractivity contribution in [3.05, 3.63) is 48.0 Å². The second-order valence-corrected chi connectivity index (χ2v) is 4.18. The maximum absolute atomic E-state index is 5.56. The van der Waals surface area contributed by atoms with E-state index in [1.807, 2.05) is 34.3 Å². The summed E-state index contributed by atoms with van der Waals surface area (Å²) < 4.78 is 7.55. The highest BCUT2D eigenvalue weighted by Gasteiger charge is 2.02. The van der Waals surface area contributed by atoms with Crippen molar-refractivity contribution in [3.63, 3.8) is 0 Å². The van der Waals surface area contributed by atoms with E-state index in [4.69, 9.17) is 4.74 Å². The highest BCUT2D eigenvalue weighted by atomic mass is 32.1. The molecule has 0 unspecified atom stereocenters. The minimum atomic E-state index is 0.472. The summed E-state index contributed by atoms with van der Waals surface area (Å²) in [5.74, 6) is 0.763. The van der Waals surface area contributed by atoms with Crippen LogP contribution in [0.3, 0.4) is 0 Å². The van der Waals surface area contributed by atoms with Crippen LogP contribution in [0.25, 0.3) is 4.96 Å². The topological polar surface area (TPSA) is 39.4 Å². The number of rotatable bonds is 3. The third-order valence-corrected chi connectivity index (χ3v) is 2.93. The Kier molecular flexibility index (Phi) is 2.30. The number of hydrogen-bond donors (Lipinski definition) is 0. The maximum atomic E-state index is 5.56. The van der Waals surface area contributed by atoms with Crippen LogP contribution in [0.5, 0.6) is 5.75 Å². The molecule has 3 heterocycles. The lowest BCUT2D eigenvalue weighted by atomic mass is 10.4. The molecule has 0 bridgehead atoms. The lowest BCUT2D eigenvalue weighted by molar-refractivity contribution is 0.301. The van der Waals surface area contributed by atoms with Crippen LogP contribution >= 0.6 is 11.3 Å². The summed E-state index contributed by atoms with van der Waals surface area (Å²) in [5, 5.41) is 2.01. The van der Waals surface area contributed by atoms with E-state index in [0.717, 1.165) is 16.4 Å². The van der Waals surface area contributed by atoms with Crippen LogP contribution in [0.15, 0.2) is 42.3 Å². The van der Waals surface area contributed by atoms with E-state index < -0.39 is 0 Å². The number of pyridine rings is 1. The van der Waals surface area contributed by atoms with Crippen LogP contribution in [0.1, 0.15) is 5.69 Å². The fraction of sp³-hybridized carbons (Fsp3) is 0.0909. The van der Waals surface area contributed by atoms with Gasteiger partial charge in [0.15, 0.2) is 4.96 Å². The number of nitrogens with zero attached hydrogens (tertiary/aromatic N) is 3. The lowest BCUT2D eigenvalue weighted by Gasteiger charge is -2.01. The van der Waals surface area contributed by atoms with E-state index in [2.05, 4.69) is 9.97 Å². The van der Waals surface area contributed by atoms with Gasteiger partial charge in [-0.2, -0.15) is 0 Å². The smallest absolute Gasteiger partial charge is 0.193 e. The summed E-state index contributed by atoms with van der Waals surface area (Å²) in [6, 6.07) is 3.73. The summed E-state index contributed by atoms with van der Waals surface area (Å²) in [5.41, 5.74) is 0.927. The van der Waals surface area contributed by atoms with E-state index in [0.29, 0.717) is 6.61 Å². The summed E-state index contributed by atoms with van der Waals surface area (Å²) in [7, 11) is 0. The zero-order valence-electron chi connectivity index (χ0n) is 8.41. The van der Waals surface area contributed by atoms with Gasteiger partial charge in [0.2, 0.25) is 0 Å². The largest absolute Gasteiger partial charge is 0.486 e. The molecule has 0 radical (unpaired) electrons. The van der Waals surface area contributed by atoms with E-state index in [1.165, 1.54) is 0 Å². The number of fused-ring (bicyclic) bond motifs is 1. The predicted octanol–water partition coefficient (Wildman–Crippen LogP) is 2.37. The Hall–Kier alpha value is -1.88. The Morgan fingerprint density at radius 3 is 3.25 bits per heavy atom. The van der Waals surface area contributed by atoms with Crippen molar-refractivity contribution in [2.75, 3.05) is 0 Å². The standard InChI is InChI=1S/C11H9N3OS/c1-2-10(6-12-3-1)15-8-9-7-14-4-5-16-11(14)13-9/h1-7H,8H2. The van der Waals surface area contributed by atoms with Crippen LogP contribution < -0.4 is 4.74 Å². The molecule has 0 atom stereocenters. The van der Waals surface area contributed by atoms with E-state index in [9.17, 15) is 0 Å². The Morgan fingerprint density at radius 1 is 1.44 bits per heavy atom. The fourth-order valence-corrected chi connectivity index (χ4v) is 2.15. The molecule has 0 fully saturated rings. The third-order valence-electron chi connectivity index (χ3n) is 2.16. The first-order valence-electron chi connectivity index (χ1n) is 4.86. The number of imidazole rings is 1. The third kappa shape index (κ3) is 1.77. The van der Waals surface area contributed by atoms with Gasteiger partial charge in [-0.15, -0.1) is 11.3 Å². The number of ether oxygens (including phenoxy) is 1. The molecule has 5 heteroatoms. The zero-order valence-corrected chi connectivity index (χ0v) is 9.22. The predicted molar refractivity (Wildman–Crippen MR) is 61.6 cm³/mol. The Labute approximate surface area is 96.2 Å². The van der Waals surface area contributed by atoms with Crippen LogP contribution in [0.4, 0.5) is 0 Å². The van der Waals surface area contributed by atoms with Crippen molar-refractivity contribution < 1.29 is 4.74 Å². The minimum Gasteiger partial charge on any atom is -0.486 e. The summed E-state index contributed by atoms with van der Waals surface area (Å²) >= 11 is 1.61. The summed E-state index contributed by atoms with van der Waals surface area (Å²) in [6.45, 7) is 0.472. The Bertz CT molecular complexity index is 559. The molecule has 0 aromatic carbocycles. The Morgan fingerprint density at radius 2 is 2.44 bits per heavy atom. The first kappa shape index (κ1) is 9.35. The second kappa shape index (κ2) is 3.94. The molecular weight excluding hydrogens is 222 g/mol. The van der Waals surface area contributed by atoms with Gasteiger partial charge in [-0.25, -0.2) is 4.98 Å². The number of hydrogen-bond acceptors (Lipinski definition) is 4. The van der Waals surface area contributed by atoms with E-state index >= 15 is 0 Å². The van der Waals surface area contributed by atoms with Crippen molar-refractivity contribution in [3.8, 4) is 5.75 Å². The maximum Gasteiger partial charge on any atom is 0.193 e. The molecule has 3 aromatic heterocycles. The van der Waals surface area contributed by atoms with Gasteiger partial charge in [-0.05, 0) is 12.1 Å². The second-order valence-electron chi connectivity index (χ2n) is 3.30. The van der Waals surface area contributed by atoms with Gasteiger partial charge in [-0.3, -0.25) is 9.38 Å². The number of aromatic nitrogens is 3. The molecule has 16 heavy (non-hydrogen) atoms. The van der Waals surface area contributed by atoms with Crippen LogP contribution in [-0.4, -0.2) is 14.4 Å². The van der Waals surface area contributed by atoms with E-state index in [1.54, 1.807) is 23.7 Å². The van der Waals surface area contributed by atoms with Crippen LogP contribution in [0, 0.1) is 0 Å². The summed E-state index contributed by atoms with van der Waals surface area (Å²) in [6.07, 6.45) is 7.38. The molecule has 0 saturated carbocycles. The SMILES string of the molecule is c1cncc(OCc2cn3ccsc3n2)c1. The molecular formula is C11H9N3OS. The van der Waals surface area contributed by atoms with Crippen molar-refractivity contribution >= 4 is 16.3 Å². The molecule has 0 amide bonds. The summed E-state index contributed by atoms with van der Waals surface area (Å²) in [4.78, 5) is 9.40. The monoisotopic (exact) mass is 231 g/mol. The lowest BCUT2D eigenvalue weighted by Crippen LogP contribution is -1.95. The minimum absolute atomic E-state index is 0.472. The average molecular weight is 231 g/mol. The van der Waals surface area contributed by atoms with Gasteiger partial charge in [0, 0.05) is 24.0 Å². The first-order chi connectivity index (χ1) is 7.92. The highest BCUT2D eigenvalue weighted by molar-refractivity contribution is 7.15. The first-order valence-corrected chi connectivity index (χ1v) is 5.74. The van der Waals surface area contributed by atoms with Crippen LogP contribution in [-0.2, 0) is 6.61 Å². The van der Waals surface area contributed by atoms with Crippen molar-refractivity contribution in [2.24, 2.45) is 0 Å². The fourth-order valence-electron chi connectivity index (χ4n) is 1.44. The molecule has 0 aliphatic rings. The quantitative estimate of drug-likeness (QED) is 0.694. The Balaban J connectivity index is 1.74. The molecule has 0 N–H and O–H groups in total. The molecule has 80 valence electrons. The van der Waals surface area contributed by atoms with Crippen molar-refractivity contribution in [1.82, 2.24) is 14.4 Å². The molecule has 0 saturated heterocycles. The molecule has 0 spiro atoms. The van der Waals surface area contributed by atoms with Crippen molar-refractivity contribution in [1.29, 1.82) is 0 Å². The number of thiazole rings is 1. The van der Waals surface area contributed by atoms with Gasteiger partial charge in [0.1, 0.15) is 12.4 Å². The van der Waals surface area contributed by atoms with Gasteiger partial charge in [0.25, 0.3) is 0 Å². The average Bonchev–Trinajstić information content (AvgIpc) is 2.88. The molecule has 3 aromatic rings. The van der Waals surface area contributed by atoms with Gasteiger partial charge >= 0.3 is 0 Å². The normalized spacial score (nSPS) is 10.8. The molecule has 0 aliphatic heterocycles. The molecule has 4 nitrogen and oxygen atoms in total. The van der Waals surface area contributed by atoms with Gasteiger partial charge in [0.05, 0.1) is 11.9 Å². The van der Waals surface area contributed by atoms with Gasteiger partial charge in [-0.1, -0.05) is 0 Å². The highest BCUT2D eigenvalue weighted by Crippen LogP contribution is 2.13. The van der Waals surface area contributed by atoms with E-state index in [-0.39, 0.29) is 0 Å². The van der Waals surface area contributed by atoms with Crippen LogP contribution in [0.2, 0.25) is 0 Å².